The van der Waals surface area contributed by atoms with Gasteiger partial charge >= 0.3 is 0 Å². The second-order valence-corrected chi connectivity index (χ2v) is 8.34. The molecule has 7 nitrogen and oxygen atoms in total. The normalized spacial score (nSPS) is 20.8. The van der Waals surface area contributed by atoms with Gasteiger partial charge in [0.25, 0.3) is 10.0 Å². The molecule has 1 aromatic carbocycles. The Bertz CT molecular complexity index is 804. The van der Waals surface area contributed by atoms with Gasteiger partial charge in [0, 0.05) is 19.1 Å². The molecular formula is C15H20ClFN4O3S2. The van der Waals surface area contributed by atoms with E-state index < -0.39 is 26.8 Å². The van der Waals surface area contributed by atoms with Crippen molar-refractivity contribution in [2.75, 3.05) is 24.7 Å². The summed E-state index contributed by atoms with van der Waals surface area (Å²) in [6.07, 6.45) is 3.06. The van der Waals surface area contributed by atoms with Crippen molar-refractivity contribution in [2.24, 2.45) is 4.40 Å². The zero-order chi connectivity index (χ0) is 19.3. The molecule has 2 unspecified atom stereocenters. The second kappa shape index (κ2) is 9.05. The minimum absolute atomic E-state index is 0.0197. The number of anilines is 1. The highest BCUT2D eigenvalue weighted by atomic mass is 35.5. The zero-order valence-corrected chi connectivity index (χ0v) is 16.4. The molecule has 1 aliphatic rings. The number of aliphatic hydroxyl groups is 1. The summed E-state index contributed by atoms with van der Waals surface area (Å²) in [6.45, 7) is 4.35. The lowest BCUT2D eigenvalue weighted by molar-refractivity contribution is 0.193. The highest BCUT2D eigenvalue weighted by Gasteiger charge is 2.24. The summed E-state index contributed by atoms with van der Waals surface area (Å²) in [5, 5.41) is 18.2. The predicted octanol–water partition coefficient (Wildman–Crippen LogP) is 1.75. The molecule has 26 heavy (non-hydrogen) atoms. The molecule has 144 valence electrons. The van der Waals surface area contributed by atoms with E-state index in [1.807, 2.05) is 0 Å². The van der Waals surface area contributed by atoms with Crippen LogP contribution in [0.25, 0.3) is 0 Å². The van der Waals surface area contributed by atoms with Crippen LogP contribution in [0.1, 0.15) is 6.42 Å². The van der Waals surface area contributed by atoms with Crippen molar-refractivity contribution in [3.05, 3.63) is 35.8 Å². The molecule has 4 N–H and O–H groups in total. The maximum absolute atomic E-state index is 14.4. The molecule has 0 spiro atoms. The molecule has 0 radical (unpaired) electrons. The lowest BCUT2D eigenvalue weighted by atomic mass is 10.2. The van der Waals surface area contributed by atoms with Crippen LogP contribution in [0.5, 0.6) is 0 Å². The van der Waals surface area contributed by atoms with Crippen LogP contribution >= 0.6 is 23.4 Å². The topological polar surface area (TPSA) is 103 Å². The Kier molecular flexibility index (Phi) is 7.30. The van der Waals surface area contributed by atoms with E-state index in [1.54, 1.807) is 6.26 Å². The van der Waals surface area contributed by atoms with Gasteiger partial charge in [-0.05, 0) is 31.0 Å². The molecule has 1 heterocycles. The third kappa shape index (κ3) is 5.34. The first-order chi connectivity index (χ1) is 12.3. The van der Waals surface area contributed by atoms with Crippen LogP contribution in [-0.4, -0.2) is 50.2 Å². The van der Waals surface area contributed by atoms with Gasteiger partial charge in [0.1, 0.15) is 10.7 Å². The average molecular weight is 423 g/mol. The summed E-state index contributed by atoms with van der Waals surface area (Å²) in [6, 6.07) is 2.07. The summed E-state index contributed by atoms with van der Waals surface area (Å²) in [5.74, 6) is -0.959. The van der Waals surface area contributed by atoms with E-state index in [9.17, 15) is 17.9 Å². The number of benzene rings is 1. The molecule has 1 saturated heterocycles. The highest BCUT2D eigenvalue weighted by molar-refractivity contribution is 8.13. The molecule has 0 aliphatic carbocycles. The first kappa shape index (κ1) is 21.0. The van der Waals surface area contributed by atoms with E-state index in [2.05, 4.69) is 26.9 Å². The Hall–Kier alpha value is -1.33. The van der Waals surface area contributed by atoms with Crippen molar-refractivity contribution in [3.63, 3.8) is 0 Å². The molecular weight excluding hydrogens is 403 g/mol. The highest BCUT2D eigenvalue weighted by Crippen LogP contribution is 2.29. The standard InChI is InChI=1S/C15H20ClFN4O3S2/c1-3-18-15(25-2)21-26(23,24)14-5-11(16)13(6-12(14)17)20-7-9-4-10(22)8-19-9/h3,5-6,9-10,19-20,22H,1,4,7-8H2,2H3,(H,18,21). The van der Waals surface area contributed by atoms with E-state index in [0.29, 0.717) is 19.5 Å². The molecule has 0 aromatic heterocycles. The summed E-state index contributed by atoms with van der Waals surface area (Å²) in [7, 11) is -4.28. The maximum Gasteiger partial charge on any atom is 0.287 e. The van der Waals surface area contributed by atoms with Gasteiger partial charge in [-0.2, -0.15) is 8.42 Å². The van der Waals surface area contributed by atoms with E-state index in [0.717, 1.165) is 23.9 Å². The van der Waals surface area contributed by atoms with Crippen molar-refractivity contribution in [1.29, 1.82) is 0 Å². The van der Waals surface area contributed by atoms with E-state index in [-0.39, 0.29) is 21.9 Å². The number of β-amino-alcohol motifs (C(OH)–C–C–N with tert-alkyl or cyclic N) is 1. The second-order valence-electron chi connectivity index (χ2n) is 5.56. The summed E-state index contributed by atoms with van der Waals surface area (Å²) in [5.41, 5.74) is 0.268. The van der Waals surface area contributed by atoms with E-state index in [4.69, 9.17) is 11.6 Å². The fraction of sp³-hybridized carbons (Fsp3) is 0.400. The third-order valence-electron chi connectivity index (χ3n) is 3.66. The first-order valence-electron chi connectivity index (χ1n) is 7.67. The number of aliphatic hydroxyl groups excluding tert-OH is 1. The van der Waals surface area contributed by atoms with Crippen molar-refractivity contribution in [3.8, 4) is 0 Å². The SMILES string of the molecule is C=CN/C(=N\S(=O)(=O)c1cc(Cl)c(NCC2CC(O)CN2)cc1F)SC. The largest absolute Gasteiger partial charge is 0.392 e. The Balaban J connectivity index is 2.21. The lowest BCUT2D eigenvalue weighted by Crippen LogP contribution is -2.29. The van der Waals surface area contributed by atoms with Crippen molar-refractivity contribution < 1.29 is 17.9 Å². The van der Waals surface area contributed by atoms with Crippen LogP contribution in [0.2, 0.25) is 5.02 Å². The average Bonchev–Trinajstić information content (AvgIpc) is 3.00. The lowest BCUT2D eigenvalue weighted by Gasteiger charge is -2.14. The number of halogens is 2. The molecule has 11 heteroatoms. The van der Waals surface area contributed by atoms with Crippen LogP contribution < -0.4 is 16.0 Å². The van der Waals surface area contributed by atoms with Crippen LogP contribution in [-0.2, 0) is 10.0 Å². The fourth-order valence-corrected chi connectivity index (χ4v) is 4.45. The number of amidine groups is 1. The number of nitrogens with zero attached hydrogens (tertiary/aromatic N) is 1. The minimum atomic E-state index is -4.28. The van der Waals surface area contributed by atoms with Crippen LogP contribution in [0.15, 0.2) is 34.2 Å². The van der Waals surface area contributed by atoms with Crippen LogP contribution in [0.4, 0.5) is 10.1 Å². The van der Waals surface area contributed by atoms with Crippen molar-refractivity contribution >= 4 is 44.2 Å². The quantitative estimate of drug-likeness (QED) is 0.409. The molecule has 0 bridgehead atoms. The molecule has 0 saturated carbocycles. The van der Waals surface area contributed by atoms with E-state index in [1.165, 1.54) is 6.20 Å². The number of hydrogen-bond acceptors (Lipinski definition) is 6. The summed E-state index contributed by atoms with van der Waals surface area (Å²) in [4.78, 5) is -0.611. The van der Waals surface area contributed by atoms with Gasteiger partial charge < -0.3 is 21.1 Å². The van der Waals surface area contributed by atoms with Crippen LogP contribution in [0.3, 0.4) is 0 Å². The predicted molar refractivity (Wildman–Crippen MR) is 104 cm³/mol. The van der Waals surface area contributed by atoms with Gasteiger partial charge in [0.15, 0.2) is 5.17 Å². The Morgan fingerprint density at radius 2 is 2.35 bits per heavy atom. The van der Waals surface area contributed by atoms with Crippen molar-refractivity contribution in [1.82, 2.24) is 10.6 Å². The molecule has 2 atom stereocenters. The number of thioether (sulfide) groups is 1. The summed E-state index contributed by atoms with van der Waals surface area (Å²) < 4.78 is 42.6. The van der Waals surface area contributed by atoms with Crippen LogP contribution in [0, 0.1) is 5.82 Å². The molecule has 1 fully saturated rings. The smallest absolute Gasteiger partial charge is 0.287 e. The number of hydrogen-bond donors (Lipinski definition) is 4. The van der Waals surface area contributed by atoms with Gasteiger partial charge in [0.05, 0.1) is 16.8 Å². The Morgan fingerprint density at radius 1 is 1.62 bits per heavy atom. The fourth-order valence-electron chi connectivity index (χ4n) is 2.42. The van der Waals surface area contributed by atoms with Gasteiger partial charge in [-0.25, -0.2) is 4.39 Å². The third-order valence-corrected chi connectivity index (χ3v) is 5.97. The Morgan fingerprint density at radius 3 is 2.92 bits per heavy atom. The van der Waals surface area contributed by atoms with Gasteiger partial charge in [-0.3, -0.25) is 0 Å². The maximum atomic E-state index is 14.4. The molecule has 1 aromatic rings. The summed E-state index contributed by atoms with van der Waals surface area (Å²) >= 11 is 7.15. The molecule has 0 amide bonds. The molecule has 2 rings (SSSR count). The Labute approximate surface area is 161 Å². The number of rotatable bonds is 6. The monoisotopic (exact) mass is 422 g/mol. The first-order valence-corrected chi connectivity index (χ1v) is 10.7. The van der Waals surface area contributed by atoms with Gasteiger partial charge in [-0.15, -0.1) is 4.40 Å². The minimum Gasteiger partial charge on any atom is -0.392 e. The van der Waals surface area contributed by atoms with Gasteiger partial charge in [0.2, 0.25) is 0 Å². The van der Waals surface area contributed by atoms with E-state index >= 15 is 0 Å². The number of sulfonamides is 1. The number of nitrogens with one attached hydrogen (secondary N) is 3. The van der Waals surface area contributed by atoms with Crippen molar-refractivity contribution in [2.45, 2.75) is 23.5 Å². The molecule has 1 aliphatic heterocycles. The zero-order valence-electron chi connectivity index (χ0n) is 14.0. The van der Waals surface area contributed by atoms with Gasteiger partial charge in [-0.1, -0.05) is 29.9 Å².